The monoisotopic (exact) mass is 383 g/mol. The molecule has 1 spiro atoms. The lowest BCUT2D eigenvalue weighted by atomic mass is 9.97. The summed E-state index contributed by atoms with van der Waals surface area (Å²) in [6.07, 6.45) is 7.14. The molecule has 8 heteroatoms. The van der Waals surface area contributed by atoms with Gasteiger partial charge < -0.3 is 14.8 Å². The van der Waals surface area contributed by atoms with E-state index >= 15 is 0 Å². The van der Waals surface area contributed by atoms with Crippen LogP contribution in [0, 0.1) is 6.92 Å². The van der Waals surface area contributed by atoms with Gasteiger partial charge in [0.1, 0.15) is 17.5 Å². The van der Waals surface area contributed by atoms with Gasteiger partial charge >= 0.3 is 0 Å². The highest BCUT2D eigenvalue weighted by atomic mass is 16.6. The average Bonchev–Trinajstić information content (AvgIpc) is 3.11. The summed E-state index contributed by atoms with van der Waals surface area (Å²) in [6.45, 7) is 5.75. The quantitative estimate of drug-likeness (QED) is 0.819. The molecule has 0 aromatic carbocycles. The second kappa shape index (κ2) is 8.30. The van der Waals surface area contributed by atoms with Crippen LogP contribution >= 0.6 is 0 Å². The molecule has 8 nitrogen and oxygen atoms in total. The van der Waals surface area contributed by atoms with Crippen molar-refractivity contribution < 1.29 is 14.3 Å². The molecular formula is C20H25N5O3. The third-order valence-electron chi connectivity index (χ3n) is 5.14. The van der Waals surface area contributed by atoms with E-state index in [0.29, 0.717) is 32.0 Å². The lowest BCUT2D eigenvalue weighted by Gasteiger charge is -2.39. The Hall–Kier alpha value is -2.42. The van der Waals surface area contributed by atoms with Crippen molar-refractivity contribution in [3.05, 3.63) is 53.9 Å². The third kappa shape index (κ3) is 4.52. The van der Waals surface area contributed by atoms with Crippen molar-refractivity contribution >= 4 is 5.91 Å². The Morgan fingerprint density at radius 2 is 2.11 bits per heavy atom. The van der Waals surface area contributed by atoms with Gasteiger partial charge in [-0.3, -0.25) is 14.7 Å². The van der Waals surface area contributed by atoms with E-state index in [4.69, 9.17) is 9.47 Å². The fourth-order valence-corrected chi connectivity index (χ4v) is 3.68. The van der Waals surface area contributed by atoms with Crippen molar-refractivity contribution in [2.45, 2.75) is 38.1 Å². The van der Waals surface area contributed by atoms with Gasteiger partial charge in [-0.05, 0) is 30.2 Å². The highest BCUT2D eigenvalue weighted by molar-refractivity contribution is 5.81. The van der Waals surface area contributed by atoms with Crippen LogP contribution in [0.4, 0.5) is 0 Å². The smallest absolute Gasteiger partial charge is 0.249 e. The minimum atomic E-state index is -0.508. The molecule has 2 fully saturated rings. The number of pyridine rings is 1. The van der Waals surface area contributed by atoms with Crippen LogP contribution in [0.15, 0.2) is 36.9 Å². The topological polar surface area (TPSA) is 89.5 Å². The molecule has 2 saturated heterocycles. The fraction of sp³-hybridized carbons (Fsp3) is 0.500. The van der Waals surface area contributed by atoms with Crippen molar-refractivity contribution in [1.82, 2.24) is 25.2 Å². The number of nitrogens with one attached hydrogen (secondary N) is 1. The standard InChI is InChI=1S/C20H25N5O3/c1-15-9-22-18(23-10-15)11-24-19(26)17-8-20(14-27-17)13-25(6-7-28-20)12-16-2-4-21-5-3-16/h2-5,9-10,17H,6-8,11-14H2,1H3,(H,24,26). The van der Waals surface area contributed by atoms with Crippen LogP contribution < -0.4 is 5.32 Å². The average molecular weight is 383 g/mol. The number of nitrogens with zero attached hydrogens (tertiary/aromatic N) is 4. The number of ether oxygens (including phenoxy) is 2. The molecule has 0 aliphatic carbocycles. The Labute approximate surface area is 164 Å². The molecule has 4 heterocycles. The van der Waals surface area contributed by atoms with Crippen LogP contribution in [0.3, 0.4) is 0 Å². The van der Waals surface area contributed by atoms with Crippen LogP contribution in [0.5, 0.6) is 0 Å². The maximum atomic E-state index is 12.5. The van der Waals surface area contributed by atoms with Gasteiger partial charge in [-0.15, -0.1) is 0 Å². The van der Waals surface area contributed by atoms with E-state index in [1.807, 2.05) is 31.5 Å². The van der Waals surface area contributed by atoms with Crippen molar-refractivity contribution in [1.29, 1.82) is 0 Å². The number of aromatic nitrogens is 3. The summed E-state index contributed by atoms with van der Waals surface area (Å²) in [5, 5.41) is 2.87. The van der Waals surface area contributed by atoms with Gasteiger partial charge in [-0.1, -0.05) is 0 Å². The molecule has 2 aromatic rings. The number of rotatable bonds is 5. The van der Waals surface area contributed by atoms with E-state index < -0.39 is 11.7 Å². The van der Waals surface area contributed by atoms with E-state index in [2.05, 4.69) is 25.2 Å². The maximum Gasteiger partial charge on any atom is 0.249 e. The molecule has 2 aromatic heterocycles. The Kier molecular flexibility index (Phi) is 5.61. The molecule has 2 aliphatic rings. The largest absolute Gasteiger partial charge is 0.370 e. The third-order valence-corrected chi connectivity index (χ3v) is 5.14. The first-order valence-electron chi connectivity index (χ1n) is 9.54. The van der Waals surface area contributed by atoms with Gasteiger partial charge in [0.05, 0.1) is 19.8 Å². The lowest BCUT2D eigenvalue weighted by molar-refractivity contribution is -0.130. The van der Waals surface area contributed by atoms with Crippen LogP contribution in [0.1, 0.15) is 23.4 Å². The zero-order valence-electron chi connectivity index (χ0n) is 16.0. The molecule has 0 saturated carbocycles. The molecular weight excluding hydrogens is 358 g/mol. The van der Waals surface area contributed by atoms with Crippen molar-refractivity contribution in [3.8, 4) is 0 Å². The summed E-state index contributed by atoms with van der Waals surface area (Å²) < 4.78 is 11.9. The highest BCUT2D eigenvalue weighted by Gasteiger charge is 2.46. The maximum absolute atomic E-state index is 12.5. The van der Waals surface area contributed by atoms with Gasteiger partial charge in [0.15, 0.2) is 0 Å². The summed E-state index contributed by atoms with van der Waals surface area (Å²) in [4.78, 5) is 27.3. The number of carbonyl (C=O) groups is 1. The van der Waals surface area contributed by atoms with Crippen LogP contribution in [-0.4, -0.2) is 63.8 Å². The van der Waals surface area contributed by atoms with E-state index in [1.165, 1.54) is 5.56 Å². The predicted molar refractivity (Wildman–Crippen MR) is 101 cm³/mol. The van der Waals surface area contributed by atoms with E-state index in [-0.39, 0.29) is 5.91 Å². The summed E-state index contributed by atoms with van der Waals surface area (Å²) >= 11 is 0. The molecule has 0 radical (unpaired) electrons. The Morgan fingerprint density at radius 3 is 2.89 bits per heavy atom. The number of hydrogen-bond donors (Lipinski definition) is 1. The fourth-order valence-electron chi connectivity index (χ4n) is 3.68. The summed E-state index contributed by atoms with van der Waals surface area (Å²) in [6, 6.07) is 4.05. The molecule has 148 valence electrons. The molecule has 4 rings (SSSR count). The first-order valence-corrected chi connectivity index (χ1v) is 9.54. The zero-order chi connectivity index (χ0) is 19.4. The molecule has 2 atom stereocenters. The second-order valence-electron chi connectivity index (χ2n) is 7.50. The Balaban J connectivity index is 1.30. The number of hydrogen-bond acceptors (Lipinski definition) is 7. The first kappa shape index (κ1) is 18.9. The lowest BCUT2D eigenvalue weighted by Crippen LogP contribution is -2.52. The van der Waals surface area contributed by atoms with E-state index in [0.717, 1.165) is 25.2 Å². The van der Waals surface area contributed by atoms with E-state index in [1.54, 1.807) is 12.4 Å². The van der Waals surface area contributed by atoms with Crippen molar-refractivity contribution in [2.24, 2.45) is 0 Å². The van der Waals surface area contributed by atoms with Crippen LogP contribution in [0.2, 0.25) is 0 Å². The van der Waals surface area contributed by atoms with Gasteiger partial charge in [0, 0.05) is 50.8 Å². The van der Waals surface area contributed by atoms with Crippen LogP contribution in [-0.2, 0) is 27.4 Å². The molecule has 2 unspecified atom stereocenters. The molecule has 28 heavy (non-hydrogen) atoms. The minimum absolute atomic E-state index is 0.143. The summed E-state index contributed by atoms with van der Waals surface area (Å²) in [5.74, 6) is 0.444. The first-order chi connectivity index (χ1) is 13.6. The van der Waals surface area contributed by atoms with Crippen LogP contribution in [0.25, 0.3) is 0 Å². The normalized spacial score (nSPS) is 25.1. The zero-order valence-corrected chi connectivity index (χ0v) is 16.0. The summed E-state index contributed by atoms with van der Waals surface area (Å²) in [7, 11) is 0. The van der Waals surface area contributed by atoms with Gasteiger partial charge in [0.25, 0.3) is 0 Å². The predicted octanol–water partition coefficient (Wildman–Crippen LogP) is 0.856. The number of morpholine rings is 1. The minimum Gasteiger partial charge on any atom is -0.370 e. The summed E-state index contributed by atoms with van der Waals surface area (Å²) in [5.41, 5.74) is 1.79. The highest BCUT2D eigenvalue weighted by Crippen LogP contribution is 2.32. The van der Waals surface area contributed by atoms with Gasteiger partial charge in [0.2, 0.25) is 5.91 Å². The number of carbonyl (C=O) groups excluding carboxylic acids is 1. The van der Waals surface area contributed by atoms with Crippen molar-refractivity contribution in [2.75, 3.05) is 26.3 Å². The number of aryl methyl sites for hydroxylation is 1. The number of amides is 1. The van der Waals surface area contributed by atoms with Gasteiger partial charge in [-0.25, -0.2) is 9.97 Å². The molecule has 1 N–H and O–H groups in total. The Morgan fingerprint density at radius 1 is 1.32 bits per heavy atom. The molecule has 1 amide bonds. The van der Waals surface area contributed by atoms with E-state index in [9.17, 15) is 4.79 Å². The molecule has 2 aliphatic heterocycles. The molecule has 0 bridgehead atoms. The Bertz CT molecular complexity index is 801. The SMILES string of the molecule is Cc1cnc(CNC(=O)C2CC3(CO2)CN(Cc2ccncc2)CCO3)nc1. The van der Waals surface area contributed by atoms with Crippen molar-refractivity contribution in [3.63, 3.8) is 0 Å². The second-order valence-corrected chi connectivity index (χ2v) is 7.50. The van der Waals surface area contributed by atoms with Gasteiger partial charge in [-0.2, -0.15) is 0 Å².